The molecule has 1 aromatic rings. The molecule has 152 valence electrons. The van der Waals surface area contributed by atoms with Crippen LogP contribution in [0, 0.1) is 5.92 Å². The molecule has 1 N–H and O–H groups in total. The molecule has 3 unspecified atom stereocenters. The van der Waals surface area contributed by atoms with Gasteiger partial charge < -0.3 is 28.8 Å². The van der Waals surface area contributed by atoms with Gasteiger partial charge in [-0.05, 0) is 43.5 Å². The first-order chi connectivity index (χ1) is 13.7. The lowest BCUT2D eigenvalue weighted by Crippen LogP contribution is -2.36. The molecule has 1 aromatic carbocycles. The Kier molecular flexibility index (Phi) is 6.95. The van der Waals surface area contributed by atoms with Crippen molar-refractivity contribution in [3.05, 3.63) is 48.3 Å². The molecule has 0 radical (unpaired) electrons. The molecule has 2 aliphatic rings. The summed E-state index contributed by atoms with van der Waals surface area (Å²) in [6.07, 6.45) is 3.92. The minimum Gasteiger partial charge on any atom is -0.457 e. The molecule has 0 saturated carbocycles. The molecular weight excluding hydrogens is 364 g/mol. The van der Waals surface area contributed by atoms with Gasteiger partial charge in [0.05, 0.1) is 0 Å². The van der Waals surface area contributed by atoms with Gasteiger partial charge in [-0.25, -0.2) is 4.79 Å². The molecule has 0 spiro atoms. The Morgan fingerprint density at radius 2 is 2.18 bits per heavy atom. The van der Waals surface area contributed by atoms with E-state index in [-0.39, 0.29) is 37.6 Å². The van der Waals surface area contributed by atoms with Crippen LogP contribution in [0.4, 0.5) is 0 Å². The minimum atomic E-state index is -0.622. The number of ether oxygens (including phenoxy) is 5. The molecule has 0 bridgehead atoms. The zero-order valence-electron chi connectivity index (χ0n) is 16.0. The van der Waals surface area contributed by atoms with Gasteiger partial charge in [0.2, 0.25) is 18.8 Å². The van der Waals surface area contributed by atoms with Crippen LogP contribution in [0.15, 0.2) is 42.7 Å². The molecule has 0 aliphatic carbocycles. The van der Waals surface area contributed by atoms with Crippen LogP contribution in [0.2, 0.25) is 0 Å². The highest BCUT2D eigenvalue weighted by molar-refractivity contribution is 5.86. The third kappa shape index (κ3) is 4.48. The van der Waals surface area contributed by atoms with Crippen molar-refractivity contribution < 1.29 is 33.6 Å². The van der Waals surface area contributed by atoms with Crippen molar-refractivity contribution in [1.29, 1.82) is 0 Å². The van der Waals surface area contributed by atoms with E-state index in [9.17, 15) is 9.90 Å². The quantitative estimate of drug-likeness (QED) is 0.513. The Bertz CT molecular complexity index is 727. The zero-order chi connectivity index (χ0) is 19.9. The number of carbonyl (C=O) groups is 1. The molecule has 2 heterocycles. The number of fused-ring (bicyclic) bond motifs is 1. The molecule has 3 rings (SSSR count). The smallest absolute Gasteiger partial charge is 0.373 e. The van der Waals surface area contributed by atoms with Crippen LogP contribution in [0.1, 0.15) is 31.2 Å². The van der Waals surface area contributed by atoms with Crippen molar-refractivity contribution in [3.8, 4) is 11.5 Å². The Morgan fingerprint density at radius 3 is 2.93 bits per heavy atom. The van der Waals surface area contributed by atoms with Gasteiger partial charge in [-0.2, -0.15) is 0 Å². The van der Waals surface area contributed by atoms with Crippen LogP contribution in [-0.4, -0.2) is 44.0 Å². The first-order valence-electron chi connectivity index (χ1n) is 9.46. The molecular formula is C21H26O7. The van der Waals surface area contributed by atoms with Gasteiger partial charge in [0.1, 0.15) is 6.61 Å². The molecule has 0 amide bonds. The third-order valence-corrected chi connectivity index (χ3v) is 4.73. The van der Waals surface area contributed by atoms with E-state index in [1.807, 2.05) is 25.1 Å². The standard InChI is InChI=1S/C21H26O7/c1-3-10-25-20(23)19-12-16(14-7-8-17-18(11-14)27-13-26-17)15(6-5-9-22)21(28-19)24-4-2/h3,7-8,11-12,15-16,21-22H,1,4-6,9-10,13H2,2H3. The number of allylic oxidation sites excluding steroid dienone is 1. The summed E-state index contributed by atoms with van der Waals surface area (Å²) in [6, 6.07) is 5.72. The SMILES string of the molecule is C=CCOC(=O)C1=CC(c2ccc3c(c2)OCO3)C(CCCO)C(OCC)O1. The number of carbonyl (C=O) groups excluding carboxylic acids is 1. The fourth-order valence-electron chi connectivity index (χ4n) is 3.46. The van der Waals surface area contributed by atoms with Gasteiger partial charge in [-0.3, -0.25) is 0 Å². The minimum absolute atomic E-state index is 0.0706. The molecule has 28 heavy (non-hydrogen) atoms. The first-order valence-corrected chi connectivity index (χ1v) is 9.46. The van der Waals surface area contributed by atoms with Crippen LogP contribution in [0.3, 0.4) is 0 Å². The molecule has 7 heteroatoms. The second-order valence-corrected chi connectivity index (χ2v) is 6.53. The highest BCUT2D eigenvalue weighted by Crippen LogP contribution is 2.42. The fraction of sp³-hybridized carbons (Fsp3) is 0.476. The maximum Gasteiger partial charge on any atom is 0.373 e. The number of rotatable bonds is 9. The van der Waals surface area contributed by atoms with Gasteiger partial charge in [0.25, 0.3) is 0 Å². The number of aliphatic hydroxyl groups is 1. The number of benzene rings is 1. The van der Waals surface area contributed by atoms with Crippen molar-refractivity contribution >= 4 is 5.97 Å². The van der Waals surface area contributed by atoms with E-state index in [1.54, 1.807) is 6.08 Å². The first kappa shape index (κ1) is 20.2. The Hall–Kier alpha value is -2.51. The summed E-state index contributed by atoms with van der Waals surface area (Å²) in [4.78, 5) is 12.4. The number of hydrogen-bond donors (Lipinski definition) is 1. The summed E-state index contributed by atoms with van der Waals surface area (Å²) in [7, 11) is 0. The van der Waals surface area contributed by atoms with Crippen molar-refractivity contribution in [3.63, 3.8) is 0 Å². The van der Waals surface area contributed by atoms with E-state index in [1.165, 1.54) is 6.08 Å². The van der Waals surface area contributed by atoms with Crippen LogP contribution < -0.4 is 9.47 Å². The second-order valence-electron chi connectivity index (χ2n) is 6.53. The average molecular weight is 390 g/mol. The van der Waals surface area contributed by atoms with E-state index < -0.39 is 12.3 Å². The normalized spacial score (nSPS) is 22.9. The van der Waals surface area contributed by atoms with Crippen LogP contribution in [0.25, 0.3) is 0 Å². The Morgan fingerprint density at radius 1 is 1.36 bits per heavy atom. The lowest BCUT2D eigenvalue weighted by atomic mass is 9.80. The van der Waals surface area contributed by atoms with Crippen molar-refractivity contribution in [2.24, 2.45) is 5.92 Å². The van der Waals surface area contributed by atoms with Crippen molar-refractivity contribution in [2.45, 2.75) is 32.0 Å². The topological polar surface area (TPSA) is 83.5 Å². The third-order valence-electron chi connectivity index (χ3n) is 4.73. The van der Waals surface area contributed by atoms with Crippen LogP contribution in [-0.2, 0) is 19.0 Å². The van der Waals surface area contributed by atoms with Crippen molar-refractivity contribution in [1.82, 2.24) is 0 Å². The van der Waals surface area contributed by atoms with E-state index >= 15 is 0 Å². The molecule has 3 atom stereocenters. The fourth-order valence-corrected chi connectivity index (χ4v) is 3.46. The van der Waals surface area contributed by atoms with Gasteiger partial charge in [0, 0.05) is 25.0 Å². The van der Waals surface area contributed by atoms with E-state index in [0.717, 1.165) is 5.56 Å². The Balaban J connectivity index is 1.95. The van der Waals surface area contributed by atoms with Gasteiger partial charge in [-0.1, -0.05) is 18.7 Å². The van der Waals surface area contributed by atoms with E-state index in [4.69, 9.17) is 23.7 Å². The molecule has 2 aliphatic heterocycles. The second kappa shape index (κ2) is 9.61. The number of hydrogen-bond acceptors (Lipinski definition) is 7. The van der Waals surface area contributed by atoms with Crippen molar-refractivity contribution in [2.75, 3.05) is 26.6 Å². The predicted molar refractivity (Wildman–Crippen MR) is 101 cm³/mol. The summed E-state index contributed by atoms with van der Waals surface area (Å²) in [5, 5.41) is 9.32. The molecule has 7 nitrogen and oxygen atoms in total. The lowest BCUT2D eigenvalue weighted by Gasteiger charge is -2.36. The van der Waals surface area contributed by atoms with Crippen LogP contribution >= 0.6 is 0 Å². The molecule has 0 aromatic heterocycles. The summed E-state index contributed by atoms with van der Waals surface area (Å²) in [6.45, 7) is 6.22. The Labute approximate surface area is 164 Å². The number of aliphatic hydroxyl groups excluding tert-OH is 1. The maximum atomic E-state index is 12.4. The van der Waals surface area contributed by atoms with Gasteiger partial charge in [-0.15, -0.1) is 0 Å². The summed E-state index contributed by atoms with van der Waals surface area (Å²) >= 11 is 0. The molecule has 0 saturated heterocycles. The summed E-state index contributed by atoms with van der Waals surface area (Å²) in [5.74, 6) is 0.668. The molecule has 0 fully saturated rings. The summed E-state index contributed by atoms with van der Waals surface area (Å²) in [5.41, 5.74) is 0.953. The largest absolute Gasteiger partial charge is 0.457 e. The van der Waals surface area contributed by atoms with Gasteiger partial charge in [0.15, 0.2) is 11.5 Å². The summed E-state index contributed by atoms with van der Waals surface area (Å²) < 4.78 is 27.7. The maximum absolute atomic E-state index is 12.4. The number of esters is 1. The highest BCUT2D eigenvalue weighted by Gasteiger charge is 2.38. The van der Waals surface area contributed by atoms with E-state index in [2.05, 4.69) is 6.58 Å². The zero-order valence-corrected chi connectivity index (χ0v) is 16.0. The highest BCUT2D eigenvalue weighted by atomic mass is 16.7. The van der Waals surface area contributed by atoms with Crippen LogP contribution in [0.5, 0.6) is 11.5 Å². The monoisotopic (exact) mass is 390 g/mol. The predicted octanol–water partition coefficient (Wildman–Crippen LogP) is 2.89. The van der Waals surface area contributed by atoms with E-state index in [0.29, 0.717) is 30.9 Å². The van der Waals surface area contributed by atoms with Gasteiger partial charge >= 0.3 is 5.97 Å². The average Bonchev–Trinajstić information content (AvgIpc) is 3.18. The lowest BCUT2D eigenvalue weighted by molar-refractivity contribution is -0.175.